The second kappa shape index (κ2) is 14.1. The SMILES string of the molecule is COC(=O)[C@@H](NC(=O)OCc1ccccc1)[C@@H](C/C=C/c1ccccc1)C(=O)OCC[Si](C)(C)C. The van der Waals surface area contributed by atoms with Crippen molar-refractivity contribution in [2.45, 2.75) is 44.8 Å². The van der Waals surface area contributed by atoms with Crippen molar-refractivity contribution in [2.75, 3.05) is 13.7 Å². The quantitative estimate of drug-likeness (QED) is 0.251. The molecule has 1 N–H and O–H groups in total. The molecule has 0 spiro atoms. The fourth-order valence-electron chi connectivity index (χ4n) is 3.19. The van der Waals surface area contributed by atoms with Crippen LogP contribution in [-0.2, 0) is 30.4 Å². The van der Waals surface area contributed by atoms with E-state index in [2.05, 4.69) is 25.0 Å². The topological polar surface area (TPSA) is 90.9 Å². The molecule has 0 saturated carbocycles. The number of ether oxygens (including phenoxy) is 3. The maximum Gasteiger partial charge on any atom is 0.408 e. The lowest BCUT2D eigenvalue weighted by Gasteiger charge is -2.24. The lowest BCUT2D eigenvalue weighted by Crippen LogP contribution is -2.49. The van der Waals surface area contributed by atoms with Crippen LogP contribution in [0, 0.1) is 5.92 Å². The fourth-order valence-corrected chi connectivity index (χ4v) is 3.91. The molecule has 0 heterocycles. The number of carbonyl (C=O) groups excluding carboxylic acids is 3. The Kier molecular flexibility index (Phi) is 11.2. The van der Waals surface area contributed by atoms with E-state index in [-0.39, 0.29) is 19.6 Å². The predicted molar refractivity (Wildman–Crippen MR) is 138 cm³/mol. The predicted octanol–water partition coefficient (Wildman–Crippen LogP) is 5.06. The number of hydrogen-bond donors (Lipinski definition) is 1. The standard InChI is InChI=1S/C27H35NO6Si/c1-32-26(30)24(28-27(31)34-20-22-14-9-6-10-15-22)23(25(29)33-18-19-35(2,3)4)17-11-16-21-12-7-5-8-13-21/h5-16,23-24H,17-20H2,1-4H3,(H,28,31)/b16-11+/t23-,24+/m1/s1. The van der Waals surface area contributed by atoms with Gasteiger partial charge in [-0.3, -0.25) is 4.79 Å². The van der Waals surface area contributed by atoms with Gasteiger partial charge in [0, 0.05) is 8.07 Å². The van der Waals surface area contributed by atoms with Crippen molar-refractivity contribution in [2.24, 2.45) is 5.92 Å². The number of rotatable bonds is 12. The minimum absolute atomic E-state index is 0.0276. The number of alkyl carbamates (subject to hydrolysis) is 1. The third kappa shape index (κ3) is 10.6. The summed E-state index contributed by atoms with van der Waals surface area (Å²) in [7, 11) is -0.218. The largest absolute Gasteiger partial charge is 0.467 e. The molecule has 188 valence electrons. The first-order valence-electron chi connectivity index (χ1n) is 11.6. The molecule has 35 heavy (non-hydrogen) atoms. The minimum atomic E-state index is -1.43. The van der Waals surface area contributed by atoms with Crippen LogP contribution in [0.3, 0.4) is 0 Å². The lowest BCUT2D eigenvalue weighted by atomic mass is 9.95. The third-order valence-corrected chi connectivity index (χ3v) is 6.95. The van der Waals surface area contributed by atoms with E-state index in [0.717, 1.165) is 17.2 Å². The fraction of sp³-hybridized carbons (Fsp3) is 0.370. The molecule has 0 aromatic heterocycles. The average Bonchev–Trinajstić information content (AvgIpc) is 2.84. The highest BCUT2D eigenvalue weighted by molar-refractivity contribution is 6.76. The Bertz CT molecular complexity index is 972. The average molecular weight is 498 g/mol. The summed E-state index contributed by atoms with van der Waals surface area (Å²) >= 11 is 0. The zero-order valence-corrected chi connectivity index (χ0v) is 21.9. The molecule has 0 aliphatic carbocycles. The monoisotopic (exact) mass is 497 g/mol. The molecule has 2 atom stereocenters. The molecule has 2 rings (SSSR count). The molecule has 0 aliphatic heterocycles. The van der Waals surface area contributed by atoms with Gasteiger partial charge in [-0.2, -0.15) is 0 Å². The van der Waals surface area contributed by atoms with Gasteiger partial charge in [0.15, 0.2) is 0 Å². The van der Waals surface area contributed by atoms with E-state index in [0.29, 0.717) is 0 Å². The van der Waals surface area contributed by atoms with Crippen molar-refractivity contribution >= 4 is 32.2 Å². The van der Waals surface area contributed by atoms with Crippen LogP contribution in [0.25, 0.3) is 6.08 Å². The number of hydrogen-bond acceptors (Lipinski definition) is 6. The number of carbonyl (C=O) groups is 3. The summed E-state index contributed by atoms with van der Waals surface area (Å²) in [6.07, 6.45) is 2.98. The molecule has 0 radical (unpaired) electrons. The van der Waals surface area contributed by atoms with Crippen LogP contribution in [0.5, 0.6) is 0 Å². The Morgan fingerprint density at radius 2 is 1.54 bits per heavy atom. The summed E-state index contributed by atoms with van der Waals surface area (Å²) < 4.78 is 15.7. The van der Waals surface area contributed by atoms with Crippen molar-refractivity contribution in [3.8, 4) is 0 Å². The minimum Gasteiger partial charge on any atom is -0.467 e. The Morgan fingerprint density at radius 3 is 2.14 bits per heavy atom. The van der Waals surface area contributed by atoms with E-state index in [9.17, 15) is 14.4 Å². The molecule has 7 nitrogen and oxygen atoms in total. The normalized spacial score (nSPS) is 13.0. The Hall–Kier alpha value is -3.39. The first-order chi connectivity index (χ1) is 16.7. The summed E-state index contributed by atoms with van der Waals surface area (Å²) in [5, 5.41) is 2.51. The maximum atomic E-state index is 13.1. The number of amides is 1. The van der Waals surface area contributed by atoms with Crippen molar-refractivity contribution in [3.63, 3.8) is 0 Å². The third-order valence-electron chi connectivity index (χ3n) is 5.24. The Morgan fingerprint density at radius 1 is 0.914 bits per heavy atom. The molecular formula is C27H35NO6Si. The second-order valence-electron chi connectivity index (χ2n) is 9.34. The molecule has 0 saturated heterocycles. The maximum absolute atomic E-state index is 13.1. The highest BCUT2D eigenvalue weighted by Gasteiger charge is 2.37. The highest BCUT2D eigenvalue weighted by atomic mass is 28.3. The zero-order chi connectivity index (χ0) is 25.7. The summed E-state index contributed by atoms with van der Waals surface area (Å²) in [5.41, 5.74) is 1.74. The van der Waals surface area contributed by atoms with Gasteiger partial charge in [-0.1, -0.05) is 92.5 Å². The highest BCUT2D eigenvalue weighted by Crippen LogP contribution is 2.18. The number of esters is 2. The molecule has 1 amide bonds. The van der Waals surface area contributed by atoms with Crippen molar-refractivity contribution in [1.82, 2.24) is 5.32 Å². The molecule has 0 bridgehead atoms. The summed E-state index contributed by atoms with van der Waals surface area (Å²) in [6, 6.07) is 18.3. The first-order valence-corrected chi connectivity index (χ1v) is 15.3. The Labute approximate surface area is 208 Å². The van der Waals surface area contributed by atoms with E-state index in [4.69, 9.17) is 14.2 Å². The van der Waals surface area contributed by atoms with Gasteiger partial charge in [-0.25, -0.2) is 9.59 Å². The molecule has 2 aromatic carbocycles. The number of nitrogens with one attached hydrogen (secondary N) is 1. The van der Waals surface area contributed by atoms with Crippen molar-refractivity contribution in [1.29, 1.82) is 0 Å². The van der Waals surface area contributed by atoms with E-state index >= 15 is 0 Å². The van der Waals surface area contributed by atoms with Gasteiger partial charge in [0.05, 0.1) is 19.6 Å². The van der Waals surface area contributed by atoms with Gasteiger partial charge in [-0.05, 0) is 23.6 Å². The smallest absolute Gasteiger partial charge is 0.408 e. The summed E-state index contributed by atoms with van der Waals surface area (Å²) in [4.78, 5) is 38.2. The number of methoxy groups -OCH3 is 1. The van der Waals surface area contributed by atoms with Gasteiger partial charge in [-0.15, -0.1) is 0 Å². The van der Waals surface area contributed by atoms with Crippen LogP contribution < -0.4 is 5.32 Å². The zero-order valence-electron chi connectivity index (χ0n) is 20.9. The van der Waals surface area contributed by atoms with Crippen LogP contribution in [0.4, 0.5) is 4.79 Å². The van der Waals surface area contributed by atoms with Gasteiger partial charge in [0.2, 0.25) is 0 Å². The summed E-state index contributed by atoms with van der Waals surface area (Å²) in [6.45, 7) is 6.84. The van der Waals surface area contributed by atoms with Gasteiger partial charge < -0.3 is 19.5 Å². The van der Waals surface area contributed by atoms with Crippen LogP contribution in [0.2, 0.25) is 25.7 Å². The van der Waals surface area contributed by atoms with Crippen LogP contribution in [0.15, 0.2) is 66.7 Å². The van der Waals surface area contributed by atoms with Gasteiger partial charge in [0.1, 0.15) is 12.6 Å². The number of allylic oxidation sites excluding steroid dienone is 1. The first kappa shape index (κ1) is 27.8. The van der Waals surface area contributed by atoms with Crippen molar-refractivity contribution in [3.05, 3.63) is 77.9 Å². The van der Waals surface area contributed by atoms with Crippen molar-refractivity contribution < 1.29 is 28.6 Å². The molecule has 0 unspecified atom stereocenters. The lowest BCUT2D eigenvalue weighted by molar-refractivity contribution is -0.156. The number of benzene rings is 2. The van der Waals surface area contributed by atoms with Crippen LogP contribution >= 0.6 is 0 Å². The molecule has 2 aromatic rings. The molecule has 8 heteroatoms. The summed E-state index contributed by atoms with van der Waals surface area (Å²) in [5.74, 6) is -2.30. The van der Waals surface area contributed by atoms with E-state index < -0.39 is 38.1 Å². The molecule has 0 fully saturated rings. The van der Waals surface area contributed by atoms with Gasteiger partial charge >= 0.3 is 18.0 Å². The van der Waals surface area contributed by atoms with E-state index in [1.165, 1.54) is 7.11 Å². The second-order valence-corrected chi connectivity index (χ2v) is 15.0. The Balaban J connectivity index is 2.15. The van der Waals surface area contributed by atoms with Gasteiger partial charge in [0.25, 0.3) is 0 Å². The van der Waals surface area contributed by atoms with E-state index in [1.54, 1.807) is 6.08 Å². The molecular weight excluding hydrogens is 462 g/mol. The molecule has 0 aliphatic rings. The van der Waals surface area contributed by atoms with E-state index in [1.807, 2.05) is 66.7 Å². The van der Waals surface area contributed by atoms with Crippen LogP contribution in [-0.4, -0.2) is 45.9 Å². The van der Waals surface area contributed by atoms with Crippen LogP contribution in [0.1, 0.15) is 17.5 Å².